The van der Waals surface area contributed by atoms with E-state index in [-0.39, 0.29) is 5.91 Å². The first kappa shape index (κ1) is 17.0. The molecular weight excluding hydrogens is 338 g/mol. The quantitative estimate of drug-likeness (QED) is 0.468. The van der Waals surface area contributed by atoms with E-state index < -0.39 is 0 Å². The van der Waals surface area contributed by atoms with Crippen molar-refractivity contribution in [2.24, 2.45) is 5.92 Å². The van der Waals surface area contributed by atoms with E-state index in [1.807, 2.05) is 18.2 Å². The van der Waals surface area contributed by atoms with E-state index in [2.05, 4.69) is 29.4 Å². The number of nitrogens with one attached hydrogen (secondary N) is 1. The van der Waals surface area contributed by atoms with Crippen LogP contribution in [0.3, 0.4) is 0 Å². The minimum Gasteiger partial charge on any atom is -0.297 e. The molecule has 1 heterocycles. The number of carbonyl (C=O) groups is 1. The van der Waals surface area contributed by atoms with Crippen molar-refractivity contribution in [1.82, 2.24) is 10.2 Å². The van der Waals surface area contributed by atoms with E-state index in [1.54, 1.807) is 23.9 Å². The molecule has 1 amide bonds. The molecule has 2 rings (SSSR count). The van der Waals surface area contributed by atoms with Gasteiger partial charge >= 0.3 is 0 Å². The monoisotopic (exact) mass is 353 g/mol. The molecule has 0 atom stereocenters. The van der Waals surface area contributed by atoms with E-state index in [4.69, 9.17) is 11.6 Å². The fourth-order valence-corrected chi connectivity index (χ4v) is 3.41. The predicted octanol–water partition coefficient (Wildman–Crippen LogP) is 4.59. The van der Waals surface area contributed by atoms with Gasteiger partial charge in [0, 0.05) is 16.9 Å². The summed E-state index contributed by atoms with van der Waals surface area (Å²) in [6, 6.07) is 7.34. The van der Waals surface area contributed by atoms with E-state index >= 15 is 0 Å². The van der Waals surface area contributed by atoms with Gasteiger partial charge in [-0.2, -0.15) is 0 Å². The number of amides is 1. The molecule has 0 spiro atoms. The van der Waals surface area contributed by atoms with Crippen molar-refractivity contribution < 1.29 is 4.79 Å². The summed E-state index contributed by atoms with van der Waals surface area (Å²) in [5.41, 5.74) is 0.796. The lowest BCUT2D eigenvalue weighted by atomic mass is 10.2. The van der Waals surface area contributed by atoms with Crippen LogP contribution in [0.4, 0.5) is 5.13 Å². The summed E-state index contributed by atoms with van der Waals surface area (Å²) in [6.45, 7) is 4.30. The van der Waals surface area contributed by atoms with Gasteiger partial charge < -0.3 is 0 Å². The summed E-state index contributed by atoms with van der Waals surface area (Å²) in [7, 11) is 0. The molecule has 0 radical (unpaired) electrons. The van der Waals surface area contributed by atoms with Crippen LogP contribution in [0.25, 0.3) is 6.08 Å². The number of hydrogen-bond donors (Lipinski definition) is 1. The smallest absolute Gasteiger partial charge is 0.250 e. The Morgan fingerprint density at radius 1 is 1.41 bits per heavy atom. The molecule has 0 aliphatic carbocycles. The molecule has 1 N–H and O–H groups in total. The van der Waals surface area contributed by atoms with Crippen molar-refractivity contribution in [1.29, 1.82) is 0 Å². The van der Waals surface area contributed by atoms with E-state index in [1.165, 1.54) is 17.4 Å². The number of rotatable bonds is 6. The lowest BCUT2D eigenvalue weighted by Gasteiger charge is -1.99. The first-order valence-electron chi connectivity index (χ1n) is 6.74. The number of nitrogens with zero attached hydrogens (tertiary/aromatic N) is 2. The van der Waals surface area contributed by atoms with Gasteiger partial charge in [-0.15, -0.1) is 10.2 Å². The Balaban J connectivity index is 1.91. The Morgan fingerprint density at radius 3 is 2.91 bits per heavy atom. The summed E-state index contributed by atoms with van der Waals surface area (Å²) < 4.78 is 0.860. The second-order valence-corrected chi connectivity index (χ2v) is 7.57. The van der Waals surface area contributed by atoms with Crippen LogP contribution in [-0.4, -0.2) is 21.9 Å². The molecule has 0 saturated heterocycles. The highest BCUT2D eigenvalue weighted by Gasteiger charge is 2.07. The Kier molecular flexibility index (Phi) is 6.42. The molecule has 0 unspecified atom stereocenters. The Labute approximate surface area is 143 Å². The summed E-state index contributed by atoms with van der Waals surface area (Å²) in [5.74, 6) is 1.32. The van der Waals surface area contributed by atoms with Crippen LogP contribution in [0.1, 0.15) is 19.4 Å². The lowest BCUT2D eigenvalue weighted by Crippen LogP contribution is -2.07. The zero-order chi connectivity index (χ0) is 15.9. The maximum Gasteiger partial charge on any atom is 0.250 e. The molecule has 0 saturated carbocycles. The van der Waals surface area contributed by atoms with Gasteiger partial charge in [-0.3, -0.25) is 10.1 Å². The molecule has 0 bridgehead atoms. The van der Waals surface area contributed by atoms with Gasteiger partial charge in [-0.05, 0) is 23.6 Å². The van der Waals surface area contributed by atoms with Crippen LogP contribution in [0.15, 0.2) is 34.7 Å². The first-order valence-corrected chi connectivity index (χ1v) is 8.92. The fourth-order valence-electron chi connectivity index (χ4n) is 1.48. The van der Waals surface area contributed by atoms with Crippen molar-refractivity contribution in [3.05, 3.63) is 40.9 Å². The van der Waals surface area contributed by atoms with Gasteiger partial charge in [0.15, 0.2) is 4.34 Å². The minimum absolute atomic E-state index is 0.253. The van der Waals surface area contributed by atoms with E-state index in [9.17, 15) is 4.79 Å². The maximum atomic E-state index is 11.9. The normalized spacial score (nSPS) is 11.3. The molecule has 4 nitrogen and oxygen atoms in total. The number of thioether (sulfide) groups is 1. The van der Waals surface area contributed by atoms with E-state index in [0.717, 1.165) is 15.7 Å². The topological polar surface area (TPSA) is 54.9 Å². The minimum atomic E-state index is -0.253. The average Bonchev–Trinajstić information content (AvgIpc) is 2.92. The van der Waals surface area contributed by atoms with Gasteiger partial charge in [0.1, 0.15) is 0 Å². The largest absolute Gasteiger partial charge is 0.297 e. The fraction of sp³-hybridized carbons (Fsp3) is 0.267. The summed E-state index contributed by atoms with van der Waals surface area (Å²) in [5, 5.41) is 11.8. The van der Waals surface area contributed by atoms with Gasteiger partial charge in [-0.25, -0.2) is 0 Å². The number of hydrogen-bond acceptors (Lipinski definition) is 5. The molecule has 22 heavy (non-hydrogen) atoms. The number of anilines is 1. The van der Waals surface area contributed by atoms with Crippen molar-refractivity contribution >= 4 is 51.8 Å². The van der Waals surface area contributed by atoms with Gasteiger partial charge in [0.25, 0.3) is 0 Å². The summed E-state index contributed by atoms with van der Waals surface area (Å²) >= 11 is 9.05. The highest BCUT2D eigenvalue weighted by molar-refractivity contribution is 8.01. The van der Waals surface area contributed by atoms with Crippen LogP contribution >= 0.6 is 34.7 Å². The lowest BCUT2D eigenvalue weighted by molar-refractivity contribution is -0.111. The number of halogens is 1. The number of carbonyl (C=O) groups excluding carboxylic acids is 1. The summed E-state index contributed by atoms with van der Waals surface area (Å²) in [4.78, 5) is 11.9. The SMILES string of the molecule is CC(C)CSc1nnc(NC(=O)/C=C/c2ccccc2Cl)s1. The van der Waals surface area contributed by atoms with Crippen molar-refractivity contribution in [3.63, 3.8) is 0 Å². The number of aromatic nitrogens is 2. The average molecular weight is 354 g/mol. The van der Waals surface area contributed by atoms with Crippen LogP contribution in [0.5, 0.6) is 0 Å². The molecule has 0 aliphatic heterocycles. The first-order chi connectivity index (χ1) is 10.5. The van der Waals surface area contributed by atoms with Crippen molar-refractivity contribution in [2.75, 3.05) is 11.1 Å². The van der Waals surface area contributed by atoms with Crippen LogP contribution in [0.2, 0.25) is 5.02 Å². The van der Waals surface area contributed by atoms with Crippen LogP contribution in [0, 0.1) is 5.92 Å². The van der Waals surface area contributed by atoms with Crippen LogP contribution in [-0.2, 0) is 4.79 Å². The molecule has 0 aliphatic rings. The second kappa shape index (κ2) is 8.31. The van der Waals surface area contributed by atoms with Crippen LogP contribution < -0.4 is 5.32 Å². The maximum absolute atomic E-state index is 11.9. The summed E-state index contributed by atoms with van der Waals surface area (Å²) in [6.07, 6.45) is 3.11. The zero-order valence-electron chi connectivity index (χ0n) is 12.2. The standard InChI is InChI=1S/C15H16ClN3OS2/c1-10(2)9-21-15-19-18-14(22-15)17-13(20)8-7-11-5-3-4-6-12(11)16/h3-8,10H,9H2,1-2H3,(H,17,18,20)/b8-7+. The molecule has 7 heteroatoms. The third-order valence-electron chi connectivity index (χ3n) is 2.50. The molecular formula is C15H16ClN3OS2. The zero-order valence-corrected chi connectivity index (χ0v) is 14.6. The highest BCUT2D eigenvalue weighted by atomic mass is 35.5. The molecule has 1 aromatic carbocycles. The molecule has 116 valence electrons. The third kappa shape index (κ3) is 5.44. The Bertz CT molecular complexity index is 670. The number of benzene rings is 1. The predicted molar refractivity (Wildman–Crippen MR) is 94.6 cm³/mol. The van der Waals surface area contributed by atoms with E-state index in [0.29, 0.717) is 16.1 Å². The van der Waals surface area contributed by atoms with Crippen molar-refractivity contribution in [3.8, 4) is 0 Å². The molecule has 2 aromatic rings. The highest BCUT2D eigenvalue weighted by Crippen LogP contribution is 2.26. The molecule has 0 fully saturated rings. The van der Waals surface area contributed by atoms with Crippen molar-refractivity contribution in [2.45, 2.75) is 18.2 Å². The van der Waals surface area contributed by atoms with Gasteiger partial charge in [0.2, 0.25) is 11.0 Å². The third-order valence-corrected chi connectivity index (χ3v) is 5.24. The molecule has 1 aromatic heterocycles. The Hall–Kier alpha value is -1.37. The van der Waals surface area contributed by atoms with Gasteiger partial charge in [0.05, 0.1) is 0 Å². The van der Waals surface area contributed by atoms with Gasteiger partial charge in [-0.1, -0.05) is 66.7 Å². The second-order valence-electron chi connectivity index (χ2n) is 4.92. The Morgan fingerprint density at radius 2 is 2.18 bits per heavy atom.